The Morgan fingerprint density at radius 3 is 2.10 bits per heavy atom. The lowest BCUT2D eigenvalue weighted by atomic mass is 9.78. The number of carbonyl (C=O) groups is 2. The molecule has 0 radical (unpaired) electrons. The molecule has 3 aliphatic rings. The summed E-state index contributed by atoms with van der Waals surface area (Å²) < 4.78 is 87.0. The van der Waals surface area contributed by atoms with Gasteiger partial charge in [0.05, 0.1) is 35.3 Å². The van der Waals surface area contributed by atoms with Crippen molar-refractivity contribution in [2.45, 2.75) is 76.0 Å². The molecule has 0 unspecified atom stereocenters. The van der Waals surface area contributed by atoms with Gasteiger partial charge >= 0.3 is 24.4 Å². The normalized spacial score (nSPS) is 23.2. The maximum absolute atomic E-state index is 13.6. The van der Waals surface area contributed by atoms with Crippen LogP contribution in [0.2, 0.25) is 0 Å². The van der Waals surface area contributed by atoms with Gasteiger partial charge in [0.15, 0.2) is 0 Å². The standard InChI is InChI=1S/C34H33F6N3O5/c1-18-30(22-13-23(33(35,36)37)16-24(14-22)34(38,39)40)48-32(47)43(18)17-27-25(8-10-29(41-27)42-11-2-12-42)26-15-21(7-9-28(26)44)19-3-5-20(6-4-19)31(45)46/h7-10,13-16,18-20,30,44H,2-6,11-12,17H2,1H3,(H,45,46)/t18-,19?,20?,30-/m0/s1. The van der Waals surface area contributed by atoms with Gasteiger partial charge < -0.3 is 19.8 Å². The highest BCUT2D eigenvalue weighted by Crippen LogP contribution is 2.43. The Labute approximate surface area is 271 Å². The molecule has 3 aromatic rings. The summed E-state index contributed by atoms with van der Waals surface area (Å²) in [6, 6.07) is 8.90. The molecule has 0 spiro atoms. The Balaban J connectivity index is 1.33. The van der Waals surface area contributed by atoms with E-state index >= 15 is 0 Å². The molecule has 1 saturated carbocycles. The van der Waals surface area contributed by atoms with E-state index in [2.05, 4.69) is 0 Å². The molecule has 2 N–H and O–H groups in total. The number of carboxylic acids is 1. The average molecular weight is 678 g/mol. The molecule has 1 aliphatic carbocycles. The van der Waals surface area contributed by atoms with Crippen molar-refractivity contribution in [1.29, 1.82) is 0 Å². The first-order valence-corrected chi connectivity index (χ1v) is 15.7. The van der Waals surface area contributed by atoms with Crippen molar-refractivity contribution >= 4 is 17.9 Å². The number of amides is 1. The number of benzene rings is 2. The Kier molecular flexibility index (Phi) is 8.71. The third-order valence-electron chi connectivity index (χ3n) is 9.65. The molecular formula is C34H33F6N3O5. The van der Waals surface area contributed by atoms with Crippen molar-refractivity contribution < 1.29 is 50.9 Å². The van der Waals surface area contributed by atoms with Crippen molar-refractivity contribution in [2.75, 3.05) is 18.0 Å². The smallest absolute Gasteiger partial charge is 0.416 e. The van der Waals surface area contributed by atoms with E-state index in [1.807, 2.05) is 11.0 Å². The number of alkyl halides is 6. The summed E-state index contributed by atoms with van der Waals surface area (Å²) in [4.78, 5) is 32.7. The number of ether oxygens (including phenoxy) is 1. The van der Waals surface area contributed by atoms with Gasteiger partial charge in [0, 0.05) is 24.2 Å². The number of hydrogen-bond donors (Lipinski definition) is 2. The summed E-state index contributed by atoms with van der Waals surface area (Å²) in [6.07, 6.45) is -9.17. The van der Waals surface area contributed by atoms with Crippen LogP contribution in [0.4, 0.5) is 37.0 Å². The van der Waals surface area contributed by atoms with Crippen LogP contribution in [0.5, 0.6) is 5.75 Å². The van der Waals surface area contributed by atoms with Gasteiger partial charge in [-0.1, -0.05) is 6.07 Å². The van der Waals surface area contributed by atoms with Crippen LogP contribution < -0.4 is 4.90 Å². The Morgan fingerprint density at radius 2 is 1.54 bits per heavy atom. The van der Waals surface area contributed by atoms with E-state index in [1.54, 1.807) is 24.3 Å². The van der Waals surface area contributed by atoms with Crippen molar-refractivity contribution in [3.63, 3.8) is 0 Å². The number of aliphatic carboxylic acids is 1. The van der Waals surface area contributed by atoms with Crippen LogP contribution in [0, 0.1) is 5.92 Å². The van der Waals surface area contributed by atoms with E-state index in [4.69, 9.17) is 9.72 Å². The maximum atomic E-state index is 13.6. The van der Waals surface area contributed by atoms with Crippen LogP contribution >= 0.6 is 0 Å². The molecule has 8 nitrogen and oxygen atoms in total. The van der Waals surface area contributed by atoms with Crippen molar-refractivity contribution in [2.24, 2.45) is 5.92 Å². The average Bonchev–Trinajstić information content (AvgIpc) is 3.28. The number of aromatic hydroxyl groups is 1. The fourth-order valence-electron chi connectivity index (χ4n) is 6.74. The van der Waals surface area contributed by atoms with E-state index < -0.39 is 59.2 Å². The lowest BCUT2D eigenvalue weighted by Gasteiger charge is -2.33. The van der Waals surface area contributed by atoms with Gasteiger partial charge in [-0.2, -0.15) is 26.3 Å². The SMILES string of the molecule is C[C@H]1[C@@H](c2cc(C(F)(F)F)cc(C(F)(F)F)c2)OC(=O)N1Cc1nc(N2CCC2)ccc1-c1cc(C2CCC(C(=O)O)CC2)ccc1O. The van der Waals surface area contributed by atoms with E-state index in [9.17, 15) is 46.1 Å². The van der Waals surface area contributed by atoms with Gasteiger partial charge in [-0.15, -0.1) is 0 Å². The maximum Gasteiger partial charge on any atom is 0.416 e. The second-order valence-corrected chi connectivity index (χ2v) is 12.7. The van der Waals surface area contributed by atoms with Gasteiger partial charge in [-0.25, -0.2) is 9.78 Å². The number of carbonyl (C=O) groups excluding carboxylic acids is 1. The van der Waals surface area contributed by atoms with E-state index in [0.717, 1.165) is 25.1 Å². The fraction of sp³-hybridized carbons (Fsp3) is 0.441. The zero-order chi connectivity index (χ0) is 34.5. The van der Waals surface area contributed by atoms with Crippen LogP contribution in [-0.4, -0.2) is 51.3 Å². The number of aromatic nitrogens is 1. The number of phenolic OH excluding ortho intramolecular Hbond substituents is 1. The van der Waals surface area contributed by atoms with Crippen LogP contribution in [-0.2, 0) is 28.4 Å². The number of pyridine rings is 1. The molecule has 0 bridgehead atoms. The number of rotatable bonds is 7. The third kappa shape index (κ3) is 6.61. The van der Waals surface area contributed by atoms with Gasteiger partial charge in [-0.05, 0) is 98.5 Å². The van der Waals surface area contributed by atoms with Crippen LogP contribution in [0.3, 0.4) is 0 Å². The Bertz CT molecular complexity index is 1680. The Morgan fingerprint density at radius 1 is 0.896 bits per heavy atom. The first-order valence-electron chi connectivity index (χ1n) is 15.7. The number of phenols is 1. The largest absolute Gasteiger partial charge is 0.507 e. The predicted octanol–water partition coefficient (Wildman–Crippen LogP) is 8.14. The molecule has 3 fully saturated rings. The fourth-order valence-corrected chi connectivity index (χ4v) is 6.74. The summed E-state index contributed by atoms with van der Waals surface area (Å²) in [6.45, 7) is 2.79. The topological polar surface area (TPSA) is 103 Å². The van der Waals surface area contributed by atoms with E-state index in [0.29, 0.717) is 60.5 Å². The molecule has 6 rings (SSSR count). The molecule has 1 aromatic heterocycles. The van der Waals surface area contributed by atoms with Crippen molar-refractivity contribution in [1.82, 2.24) is 9.88 Å². The number of cyclic esters (lactones) is 1. The van der Waals surface area contributed by atoms with Crippen LogP contribution in [0.15, 0.2) is 48.5 Å². The monoisotopic (exact) mass is 677 g/mol. The lowest BCUT2D eigenvalue weighted by Crippen LogP contribution is -2.38. The molecule has 1 amide bonds. The Hall–Kier alpha value is -4.49. The molecule has 3 heterocycles. The van der Waals surface area contributed by atoms with Crippen molar-refractivity contribution in [3.8, 4) is 16.9 Å². The first kappa shape index (κ1) is 33.4. The zero-order valence-electron chi connectivity index (χ0n) is 25.8. The summed E-state index contributed by atoms with van der Waals surface area (Å²) >= 11 is 0. The molecule has 2 saturated heterocycles. The molecule has 2 aromatic carbocycles. The highest BCUT2D eigenvalue weighted by atomic mass is 19.4. The number of hydrogen-bond acceptors (Lipinski definition) is 6. The predicted molar refractivity (Wildman–Crippen MR) is 161 cm³/mol. The molecule has 2 atom stereocenters. The van der Waals surface area contributed by atoms with Crippen LogP contribution in [0.1, 0.15) is 79.0 Å². The van der Waals surface area contributed by atoms with Gasteiger partial charge in [0.1, 0.15) is 17.7 Å². The van der Waals surface area contributed by atoms with Gasteiger partial charge in [0.25, 0.3) is 0 Å². The second kappa shape index (κ2) is 12.5. The number of anilines is 1. The highest BCUT2D eigenvalue weighted by Gasteiger charge is 2.44. The zero-order valence-corrected chi connectivity index (χ0v) is 25.8. The molecule has 14 heteroatoms. The van der Waals surface area contributed by atoms with Gasteiger partial charge in [0.2, 0.25) is 0 Å². The summed E-state index contributed by atoms with van der Waals surface area (Å²) in [7, 11) is 0. The van der Waals surface area contributed by atoms with Crippen molar-refractivity contribution in [3.05, 3.63) is 76.5 Å². The minimum absolute atomic E-state index is 0.0264. The van der Waals surface area contributed by atoms with Gasteiger partial charge in [-0.3, -0.25) is 9.69 Å². The first-order chi connectivity index (χ1) is 22.6. The summed E-state index contributed by atoms with van der Waals surface area (Å²) in [5, 5.41) is 20.4. The molecular weight excluding hydrogens is 644 g/mol. The minimum atomic E-state index is -5.07. The highest BCUT2D eigenvalue weighted by molar-refractivity contribution is 5.76. The summed E-state index contributed by atoms with van der Waals surface area (Å²) in [5.41, 5.74) is -1.28. The number of carboxylic acid groups (broad SMARTS) is 1. The second-order valence-electron chi connectivity index (χ2n) is 12.7. The van der Waals surface area contributed by atoms with E-state index in [1.165, 1.54) is 11.8 Å². The van der Waals surface area contributed by atoms with Crippen LogP contribution in [0.25, 0.3) is 11.1 Å². The quantitative estimate of drug-likeness (QED) is 0.244. The lowest BCUT2D eigenvalue weighted by molar-refractivity contribution is -0.144. The molecule has 256 valence electrons. The number of nitrogens with zero attached hydrogens (tertiary/aromatic N) is 3. The van der Waals surface area contributed by atoms with E-state index in [-0.39, 0.29) is 24.3 Å². The number of halogens is 6. The minimum Gasteiger partial charge on any atom is -0.507 e. The third-order valence-corrected chi connectivity index (χ3v) is 9.65. The molecule has 48 heavy (non-hydrogen) atoms. The summed E-state index contributed by atoms with van der Waals surface area (Å²) in [5.74, 6) is -0.586. The molecule has 2 aliphatic heterocycles.